The van der Waals surface area contributed by atoms with Crippen LogP contribution in [-0.2, 0) is 9.22 Å². The van der Waals surface area contributed by atoms with Gasteiger partial charge in [-0.2, -0.15) is 0 Å². The van der Waals surface area contributed by atoms with E-state index < -0.39 is 19.6 Å². The van der Waals surface area contributed by atoms with E-state index in [1.165, 1.54) is 5.56 Å². The van der Waals surface area contributed by atoms with E-state index in [4.69, 9.17) is 9.22 Å². The van der Waals surface area contributed by atoms with Crippen LogP contribution in [-0.4, -0.2) is 53.0 Å². The third-order valence-corrected chi connectivity index (χ3v) is 12.4. The van der Waals surface area contributed by atoms with Crippen molar-refractivity contribution in [2.45, 2.75) is 31.1 Å². The molecule has 21 heavy (non-hydrogen) atoms. The summed E-state index contributed by atoms with van der Waals surface area (Å²) in [7, 11) is 1.98. The van der Waals surface area contributed by atoms with Crippen LogP contribution in [0.4, 0.5) is 0 Å². The molecule has 0 aliphatic heterocycles. The number of benzene rings is 1. The van der Waals surface area contributed by atoms with E-state index in [9.17, 15) is 0 Å². The van der Waals surface area contributed by atoms with Gasteiger partial charge in [0, 0.05) is 0 Å². The Balaban J connectivity index is 2.94. The van der Waals surface area contributed by atoms with Gasteiger partial charge in [0.15, 0.2) is 0 Å². The van der Waals surface area contributed by atoms with Gasteiger partial charge in [-0.3, -0.25) is 0 Å². The summed E-state index contributed by atoms with van der Waals surface area (Å²) >= 11 is -3.47. The van der Waals surface area contributed by atoms with Gasteiger partial charge in [0.1, 0.15) is 0 Å². The van der Waals surface area contributed by atoms with Crippen molar-refractivity contribution in [2.24, 2.45) is 0 Å². The molecule has 1 aromatic rings. The monoisotopic (exact) mass is 403 g/mol. The minimum absolute atomic E-state index is 0.358. The second-order valence-electron chi connectivity index (χ2n) is 4.85. The van der Waals surface area contributed by atoms with Crippen LogP contribution in [0.1, 0.15) is 32.3 Å². The zero-order valence-electron chi connectivity index (χ0n) is 13.7. The number of hydrogen-bond acceptors (Lipinski definition) is 4. The Kier molecular flexibility index (Phi) is 9.51. The van der Waals surface area contributed by atoms with Crippen molar-refractivity contribution in [1.82, 2.24) is 5.32 Å². The Labute approximate surface area is 134 Å². The second-order valence-corrected chi connectivity index (χ2v) is 12.4. The molecule has 0 bridgehead atoms. The molecule has 1 atom stereocenters. The summed E-state index contributed by atoms with van der Waals surface area (Å²) in [5, 5.41) is 3.28. The maximum atomic E-state index is 6.05. The summed E-state index contributed by atoms with van der Waals surface area (Å²) in [5.41, 5.74) is 1.31. The molecule has 0 aromatic heterocycles. The molecule has 1 rings (SSSR count). The molecule has 1 aromatic carbocycles. The molecule has 0 saturated carbocycles. The van der Waals surface area contributed by atoms with Crippen molar-refractivity contribution in [2.75, 3.05) is 33.4 Å². The van der Waals surface area contributed by atoms with Crippen molar-refractivity contribution in [3.63, 3.8) is 0 Å². The van der Waals surface area contributed by atoms with Crippen molar-refractivity contribution >= 4 is 19.6 Å². The van der Waals surface area contributed by atoms with Crippen LogP contribution < -0.4 is 5.32 Å². The fourth-order valence-electron chi connectivity index (χ4n) is 2.54. The first kappa shape index (κ1) is 18.9. The van der Waals surface area contributed by atoms with E-state index in [1.807, 2.05) is 33.9 Å². The van der Waals surface area contributed by atoms with Gasteiger partial charge in [0.25, 0.3) is 0 Å². The first-order chi connectivity index (χ1) is 10.2. The van der Waals surface area contributed by atoms with Gasteiger partial charge < -0.3 is 0 Å². The van der Waals surface area contributed by atoms with E-state index in [0.717, 1.165) is 11.0 Å². The van der Waals surface area contributed by atoms with Crippen LogP contribution in [0.2, 0.25) is 4.44 Å². The fraction of sp³-hybridized carbons (Fsp3) is 0.625. The zero-order chi connectivity index (χ0) is 15.6. The zero-order valence-corrected chi connectivity index (χ0v) is 16.6. The number of rotatable bonds is 11. The van der Waals surface area contributed by atoms with Gasteiger partial charge in [-0.05, 0) is 0 Å². The van der Waals surface area contributed by atoms with E-state index >= 15 is 0 Å². The number of hydrogen-bond donors (Lipinski definition) is 1. The summed E-state index contributed by atoms with van der Waals surface area (Å²) in [5.74, 6) is 0.358. The molecule has 4 nitrogen and oxygen atoms in total. The van der Waals surface area contributed by atoms with Crippen molar-refractivity contribution in [1.29, 1.82) is 0 Å². The Bertz CT molecular complexity index is 358. The van der Waals surface area contributed by atoms with Crippen LogP contribution in [0, 0.1) is 0 Å². The van der Waals surface area contributed by atoms with Gasteiger partial charge in [0.2, 0.25) is 0 Å². The second kappa shape index (κ2) is 10.6. The maximum absolute atomic E-state index is 6.05. The van der Waals surface area contributed by atoms with E-state index in [2.05, 4.69) is 29.6 Å². The molecule has 0 amide bonds. The Morgan fingerprint density at radius 2 is 1.48 bits per heavy atom. The Morgan fingerprint density at radius 1 is 0.952 bits per heavy atom. The van der Waals surface area contributed by atoms with E-state index in [-0.39, 0.29) is 0 Å². The molecular formula is C16H29NO3Sn. The van der Waals surface area contributed by atoms with Crippen LogP contribution in [0.5, 0.6) is 0 Å². The average molecular weight is 402 g/mol. The molecule has 120 valence electrons. The minimum atomic E-state index is -3.47. The Hall–Kier alpha value is -0.141. The summed E-state index contributed by atoms with van der Waals surface area (Å²) in [6, 6.07) is 10.5. The number of likely N-dealkylation sites (N-methyl/N-ethyl adjacent to an activating group) is 1. The van der Waals surface area contributed by atoms with Crippen molar-refractivity contribution < 1.29 is 9.22 Å². The first-order valence-corrected chi connectivity index (χ1v) is 13.3. The molecule has 0 aliphatic rings. The van der Waals surface area contributed by atoms with Crippen LogP contribution in [0.15, 0.2) is 30.3 Å². The van der Waals surface area contributed by atoms with E-state index in [0.29, 0.717) is 25.7 Å². The molecule has 0 heterocycles. The van der Waals surface area contributed by atoms with Crippen LogP contribution >= 0.6 is 0 Å². The van der Waals surface area contributed by atoms with Crippen LogP contribution in [0.3, 0.4) is 0 Å². The molecule has 0 aliphatic carbocycles. The molecular weight excluding hydrogens is 373 g/mol. The number of nitrogens with one attached hydrogen (secondary N) is 1. The Morgan fingerprint density at radius 3 is 1.90 bits per heavy atom. The van der Waals surface area contributed by atoms with Crippen molar-refractivity contribution in [3.05, 3.63) is 35.9 Å². The van der Waals surface area contributed by atoms with Gasteiger partial charge >= 0.3 is 135 Å². The van der Waals surface area contributed by atoms with Crippen LogP contribution in [0.25, 0.3) is 0 Å². The molecule has 1 N–H and O–H groups in total. The average Bonchev–Trinajstić information content (AvgIpc) is 2.48. The standard InChI is InChI=1S/C10H14N.3C2H5O.Sn/c1-9(8-11-2)10-6-4-3-5-7-10;3*1-2-3;/h3-7,9,11H,1,8H2,2H3;3*2H2,1H3;/q;3*-1;+3. The topological polar surface area (TPSA) is 39.7 Å². The summed E-state index contributed by atoms with van der Waals surface area (Å²) < 4.78 is 19.0. The third kappa shape index (κ3) is 6.24. The van der Waals surface area contributed by atoms with Gasteiger partial charge in [-0.1, -0.05) is 0 Å². The quantitative estimate of drug-likeness (QED) is 0.578. The molecule has 0 radical (unpaired) electrons. The third-order valence-electron chi connectivity index (χ3n) is 3.31. The predicted molar refractivity (Wildman–Crippen MR) is 88.5 cm³/mol. The molecule has 0 saturated heterocycles. The first-order valence-electron chi connectivity index (χ1n) is 7.82. The molecule has 0 spiro atoms. The SMILES string of the molecule is CC[O][Sn]([CH2]C(CNC)c1ccccc1)([O]CC)[O]CC. The molecule has 0 fully saturated rings. The molecule has 5 heteroatoms. The van der Waals surface area contributed by atoms with Gasteiger partial charge in [-0.25, -0.2) is 0 Å². The van der Waals surface area contributed by atoms with Gasteiger partial charge in [-0.15, -0.1) is 0 Å². The molecule has 1 unspecified atom stereocenters. The summed E-state index contributed by atoms with van der Waals surface area (Å²) in [4.78, 5) is 0. The summed E-state index contributed by atoms with van der Waals surface area (Å²) in [6.45, 7) is 8.89. The van der Waals surface area contributed by atoms with Crippen molar-refractivity contribution in [3.8, 4) is 0 Å². The summed E-state index contributed by atoms with van der Waals surface area (Å²) in [6.07, 6.45) is 0. The normalized spacial score (nSPS) is 13.3. The fourth-order valence-corrected chi connectivity index (χ4v) is 10.8. The van der Waals surface area contributed by atoms with E-state index in [1.54, 1.807) is 0 Å². The van der Waals surface area contributed by atoms with Gasteiger partial charge in [0.05, 0.1) is 0 Å². The predicted octanol–water partition coefficient (Wildman–Crippen LogP) is 3.04.